The second kappa shape index (κ2) is 8.04. The quantitative estimate of drug-likeness (QED) is 0.767. The number of hydrogen-bond acceptors (Lipinski definition) is 3. The highest BCUT2D eigenvalue weighted by Gasteiger charge is 2.31. The minimum Gasteiger partial charge on any atom is -0.488 e. The SMILES string of the molecule is CC(N)Cc1ccc(OCC(c2ccccc2)[P+](=O)O)cc1. The van der Waals surface area contributed by atoms with Crippen LogP contribution in [0.15, 0.2) is 54.6 Å². The molecule has 3 atom stereocenters. The molecule has 0 saturated carbocycles. The predicted molar refractivity (Wildman–Crippen MR) is 88.3 cm³/mol. The summed E-state index contributed by atoms with van der Waals surface area (Å²) in [7, 11) is -2.35. The molecule has 2 aromatic rings. The van der Waals surface area contributed by atoms with Crippen LogP contribution in [0.2, 0.25) is 0 Å². The summed E-state index contributed by atoms with van der Waals surface area (Å²) in [5.74, 6) is 0.686. The van der Waals surface area contributed by atoms with Gasteiger partial charge in [0, 0.05) is 11.6 Å². The predicted octanol–water partition coefficient (Wildman–Crippen LogP) is 3.43. The highest BCUT2D eigenvalue weighted by molar-refractivity contribution is 7.38. The molecule has 22 heavy (non-hydrogen) atoms. The first-order valence-corrected chi connectivity index (χ1v) is 8.52. The number of benzene rings is 2. The van der Waals surface area contributed by atoms with Crippen LogP contribution < -0.4 is 10.5 Å². The van der Waals surface area contributed by atoms with Gasteiger partial charge in [0.1, 0.15) is 12.4 Å². The molecular weight excluding hydrogens is 297 g/mol. The Kier molecular flexibility index (Phi) is 6.08. The average Bonchev–Trinajstić information content (AvgIpc) is 2.49. The molecule has 0 aliphatic heterocycles. The highest BCUT2D eigenvalue weighted by atomic mass is 31.1. The van der Waals surface area contributed by atoms with E-state index in [1.165, 1.54) is 0 Å². The van der Waals surface area contributed by atoms with Gasteiger partial charge in [-0.15, -0.1) is 0 Å². The lowest BCUT2D eigenvalue weighted by molar-refractivity contribution is 0.308. The van der Waals surface area contributed by atoms with E-state index in [9.17, 15) is 9.46 Å². The molecule has 0 heterocycles. The third-order valence-corrected chi connectivity index (χ3v) is 4.32. The summed E-state index contributed by atoms with van der Waals surface area (Å²) in [5, 5.41) is 0. The molecule has 0 aliphatic rings. The first kappa shape index (κ1) is 16.6. The summed E-state index contributed by atoms with van der Waals surface area (Å²) in [6, 6.07) is 17.0. The van der Waals surface area contributed by atoms with Crippen molar-refractivity contribution >= 4 is 8.03 Å². The van der Waals surface area contributed by atoms with Crippen LogP contribution in [0.1, 0.15) is 23.7 Å². The zero-order valence-electron chi connectivity index (χ0n) is 12.6. The monoisotopic (exact) mass is 318 g/mol. The zero-order valence-corrected chi connectivity index (χ0v) is 13.4. The molecule has 0 saturated heterocycles. The van der Waals surface area contributed by atoms with Crippen molar-refractivity contribution < 1.29 is 14.2 Å². The van der Waals surface area contributed by atoms with Crippen LogP contribution in [-0.2, 0) is 11.0 Å². The third-order valence-electron chi connectivity index (χ3n) is 3.34. The van der Waals surface area contributed by atoms with E-state index < -0.39 is 13.7 Å². The molecule has 5 heteroatoms. The number of ether oxygens (including phenoxy) is 1. The van der Waals surface area contributed by atoms with Crippen molar-refractivity contribution in [3.8, 4) is 5.75 Å². The Bertz CT molecular complexity index is 599. The molecule has 0 aliphatic carbocycles. The Morgan fingerprint density at radius 1 is 1.14 bits per heavy atom. The molecular formula is C17H21NO3P+. The van der Waals surface area contributed by atoms with Crippen LogP contribution in [0, 0.1) is 0 Å². The summed E-state index contributed by atoms with van der Waals surface area (Å²) in [4.78, 5) is 9.50. The normalized spacial score (nSPS) is 14.2. The molecule has 0 aromatic heterocycles. The molecule has 2 rings (SSSR count). The minimum atomic E-state index is -2.35. The smallest absolute Gasteiger partial charge is 0.488 e. The highest BCUT2D eigenvalue weighted by Crippen LogP contribution is 2.37. The van der Waals surface area contributed by atoms with Crippen molar-refractivity contribution in [1.29, 1.82) is 0 Å². The van der Waals surface area contributed by atoms with Crippen LogP contribution in [-0.4, -0.2) is 17.5 Å². The molecule has 3 unspecified atom stereocenters. The third kappa shape index (κ3) is 4.92. The van der Waals surface area contributed by atoms with E-state index in [1.54, 1.807) is 0 Å². The lowest BCUT2D eigenvalue weighted by Gasteiger charge is -2.10. The molecule has 3 N–H and O–H groups in total. The fourth-order valence-corrected chi connectivity index (χ4v) is 2.86. The fourth-order valence-electron chi connectivity index (χ4n) is 2.23. The maximum Gasteiger partial charge on any atom is 0.517 e. The number of rotatable bonds is 7. The Hall–Kier alpha value is -1.74. The molecule has 0 spiro atoms. The zero-order chi connectivity index (χ0) is 15.9. The Morgan fingerprint density at radius 3 is 2.32 bits per heavy atom. The summed E-state index contributed by atoms with van der Waals surface area (Å²) in [6.07, 6.45) is 0.815. The summed E-state index contributed by atoms with van der Waals surface area (Å²) >= 11 is 0. The molecule has 0 radical (unpaired) electrons. The summed E-state index contributed by atoms with van der Waals surface area (Å²) < 4.78 is 17.2. The van der Waals surface area contributed by atoms with Crippen molar-refractivity contribution in [3.05, 3.63) is 65.7 Å². The van der Waals surface area contributed by atoms with Gasteiger partial charge in [-0.05, 0) is 35.6 Å². The van der Waals surface area contributed by atoms with Gasteiger partial charge in [-0.3, -0.25) is 0 Å². The lowest BCUT2D eigenvalue weighted by atomic mass is 10.1. The van der Waals surface area contributed by atoms with Crippen LogP contribution in [0.3, 0.4) is 0 Å². The van der Waals surface area contributed by atoms with Crippen molar-refractivity contribution in [2.45, 2.75) is 25.0 Å². The van der Waals surface area contributed by atoms with Crippen molar-refractivity contribution in [1.82, 2.24) is 0 Å². The van der Waals surface area contributed by atoms with Gasteiger partial charge in [0.25, 0.3) is 0 Å². The Morgan fingerprint density at radius 2 is 1.77 bits per heavy atom. The molecule has 0 amide bonds. The van der Waals surface area contributed by atoms with E-state index in [1.807, 2.05) is 61.5 Å². The van der Waals surface area contributed by atoms with Gasteiger partial charge in [-0.25, -0.2) is 0 Å². The van der Waals surface area contributed by atoms with Crippen molar-refractivity contribution in [3.63, 3.8) is 0 Å². The Balaban J connectivity index is 1.99. The van der Waals surface area contributed by atoms with E-state index in [0.29, 0.717) is 5.75 Å². The molecule has 116 valence electrons. The van der Waals surface area contributed by atoms with Crippen LogP contribution >= 0.6 is 8.03 Å². The second-order valence-corrected chi connectivity index (χ2v) is 6.59. The first-order chi connectivity index (χ1) is 10.6. The summed E-state index contributed by atoms with van der Waals surface area (Å²) in [6.45, 7) is 2.13. The van der Waals surface area contributed by atoms with Crippen molar-refractivity contribution in [2.24, 2.45) is 5.73 Å². The van der Waals surface area contributed by atoms with E-state index in [0.717, 1.165) is 17.5 Å². The van der Waals surface area contributed by atoms with E-state index in [4.69, 9.17) is 10.5 Å². The van der Waals surface area contributed by atoms with Crippen LogP contribution in [0.4, 0.5) is 0 Å². The van der Waals surface area contributed by atoms with Gasteiger partial charge in [-0.2, -0.15) is 4.89 Å². The number of nitrogens with two attached hydrogens (primary N) is 1. The van der Waals surface area contributed by atoms with Gasteiger partial charge >= 0.3 is 8.03 Å². The van der Waals surface area contributed by atoms with Gasteiger partial charge in [0.2, 0.25) is 5.66 Å². The van der Waals surface area contributed by atoms with Gasteiger partial charge in [0.05, 0.1) is 0 Å². The van der Waals surface area contributed by atoms with Crippen LogP contribution in [0.25, 0.3) is 0 Å². The fraction of sp³-hybridized carbons (Fsp3) is 0.294. The molecule has 0 fully saturated rings. The van der Waals surface area contributed by atoms with E-state index >= 15 is 0 Å². The van der Waals surface area contributed by atoms with Gasteiger partial charge in [0.15, 0.2) is 0 Å². The van der Waals surface area contributed by atoms with Crippen LogP contribution in [0.5, 0.6) is 5.75 Å². The van der Waals surface area contributed by atoms with Gasteiger partial charge in [-0.1, -0.05) is 42.5 Å². The average molecular weight is 318 g/mol. The van der Waals surface area contributed by atoms with Crippen molar-refractivity contribution in [2.75, 3.05) is 6.61 Å². The lowest BCUT2D eigenvalue weighted by Crippen LogP contribution is -2.17. The van der Waals surface area contributed by atoms with Gasteiger partial charge < -0.3 is 10.5 Å². The molecule has 2 aromatic carbocycles. The Labute approximate surface area is 131 Å². The van der Waals surface area contributed by atoms with E-state index in [2.05, 4.69) is 0 Å². The standard InChI is InChI=1S/C17H20NO3P/c1-13(18)11-14-7-9-16(10-8-14)21-12-17(22(19)20)15-5-3-2-4-6-15/h2-10,13,17H,11-12,18H2,1H3/p+1. The second-order valence-electron chi connectivity index (χ2n) is 5.37. The maximum atomic E-state index is 11.6. The maximum absolute atomic E-state index is 11.6. The molecule has 4 nitrogen and oxygen atoms in total. The molecule has 0 bridgehead atoms. The first-order valence-electron chi connectivity index (χ1n) is 7.24. The largest absolute Gasteiger partial charge is 0.517 e. The topological polar surface area (TPSA) is 72.5 Å². The summed E-state index contributed by atoms with van der Waals surface area (Å²) in [5.41, 5.74) is 7.19. The van der Waals surface area contributed by atoms with E-state index in [-0.39, 0.29) is 12.6 Å². The minimum absolute atomic E-state index is 0.118. The number of hydrogen-bond donors (Lipinski definition) is 2.